The summed E-state index contributed by atoms with van der Waals surface area (Å²) in [5, 5.41) is 4.56. The Morgan fingerprint density at radius 1 is 1.21 bits per heavy atom. The van der Waals surface area contributed by atoms with Crippen LogP contribution in [0.15, 0.2) is 24.3 Å². The SMILES string of the molecule is Cl.O=C(CCc1nc2ccccc2s1)N1CC[C@@H]2CNC[C@@H]2CC1. The number of likely N-dealkylation sites (tertiary alicyclic amines) is 1. The van der Waals surface area contributed by atoms with Crippen LogP contribution in [0.4, 0.5) is 0 Å². The first-order valence-electron chi connectivity index (χ1n) is 8.62. The summed E-state index contributed by atoms with van der Waals surface area (Å²) in [7, 11) is 0. The fourth-order valence-electron chi connectivity index (χ4n) is 3.87. The van der Waals surface area contributed by atoms with Gasteiger partial charge in [0.05, 0.1) is 15.2 Å². The Balaban J connectivity index is 0.00000169. The zero-order chi connectivity index (χ0) is 15.6. The van der Waals surface area contributed by atoms with Crippen molar-refractivity contribution < 1.29 is 4.79 Å². The summed E-state index contributed by atoms with van der Waals surface area (Å²) >= 11 is 1.71. The van der Waals surface area contributed by atoms with E-state index in [2.05, 4.69) is 21.3 Å². The third kappa shape index (κ3) is 3.73. The van der Waals surface area contributed by atoms with Crippen LogP contribution in [0.1, 0.15) is 24.3 Å². The predicted octanol–water partition coefficient (Wildman–Crippen LogP) is 3.11. The number of thiazole rings is 1. The lowest BCUT2D eigenvalue weighted by Crippen LogP contribution is -2.32. The van der Waals surface area contributed by atoms with Crippen LogP contribution in [0, 0.1) is 11.8 Å². The molecule has 1 aromatic heterocycles. The third-order valence-corrected chi connectivity index (χ3v) is 6.36. The van der Waals surface area contributed by atoms with Crippen molar-refractivity contribution in [2.45, 2.75) is 25.7 Å². The maximum Gasteiger partial charge on any atom is 0.222 e. The number of fused-ring (bicyclic) bond motifs is 2. The number of halogens is 1. The van der Waals surface area contributed by atoms with Gasteiger partial charge in [0, 0.05) is 25.9 Å². The number of rotatable bonds is 3. The van der Waals surface area contributed by atoms with Gasteiger partial charge in [0.1, 0.15) is 0 Å². The molecule has 130 valence electrons. The summed E-state index contributed by atoms with van der Waals surface area (Å²) in [5.41, 5.74) is 1.05. The van der Waals surface area contributed by atoms with E-state index in [1.807, 2.05) is 18.2 Å². The van der Waals surface area contributed by atoms with Gasteiger partial charge in [-0.3, -0.25) is 4.79 Å². The topological polar surface area (TPSA) is 45.2 Å². The highest BCUT2D eigenvalue weighted by Crippen LogP contribution is 2.28. The Morgan fingerprint density at radius 2 is 1.92 bits per heavy atom. The van der Waals surface area contributed by atoms with Crippen molar-refractivity contribution in [3.63, 3.8) is 0 Å². The first-order chi connectivity index (χ1) is 11.3. The van der Waals surface area contributed by atoms with Crippen LogP contribution in [-0.2, 0) is 11.2 Å². The maximum atomic E-state index is 12.5. The van der Waals surface area contributed by atoms with Crippen LogP contribution < -0.4 is 5.32 Å². The summed E-state index contributed by atoms with van der Waals surface area (Å²) in [6, 6.07) is 8.19. The minimum atomic E-state index is 0. The average Bonchev–Trinajstić information content (AvgIpc) is 3.14. The number of carbonyl (C=O) groups is 1. The van der Waals surface area contributed by atoms with Gasteiger partial charge in [0.15, 0.2) is 0 Å². The molecular formula is C18H24ClN3OS. The number of benzene rings is 1. The monoisotopic (exact) mass is 365 g/mol. The van der Waals surface area contributed by atoms with Crippen molar-refractivity contribution in [2.75, 3.05) is 26.2 Å². The number of nitrogens with one attached hydrogen (secondary N) is 1. The Hall–Kier alpha value is -1.17. The average molecular weight is 366 g/mol. The molecule has 2 saturated heterocycles. The van der Waals surface area contributed by atoms with E-state index in [1.165, 1.54) is 4.70 Å². The Morgan fingerprint density at radius 3 is 2.62 bits per heavy atom. The fourth-order valence-corrected chi connectivity index (χ4v) is 4.83. The van der Waals surface area contributed by atoms with Crippen LogP contribution in [-0.4, -0.2) is 42.0 Å². The van der Waals surface area contributed by atoms with E-state index in [0.717, 1.165) is 67.8 Å². The molecule has 1 N–H and O–H groups in total. The molecule has 0 aliphatic carbocycles. The predicted molar refractivity (Wildman–Crippen MR) is 101 cm³/mol. The highest BCUT2D eigenvalue weighted by Gasteiger charge is 2.31. The zero-order valence-electron chi connectivity index (χ0n) is 13.7. The van der Waals surface area contributed by atoms with Crippen LogP contribution >= 0.6 is 23.7 Å². The Kier molecular flexibility index (Phi) is 5.74. The minimum Gasteiger partial charge on any atom is -0.343 e. The van der Waals surface area contributed by atoms with Crippen molar-refractivity contribution in [3.8, 4) is 0 Å². The number of amides is 1. The lowest BCUT2D eigenvalue weighted by atomic mass is 9.92. The summed E-state index contributed by atoms with van der Waals surface area (Å²) in [4.78, 5) is 19.3. The molecule has 2 aliphatic rings. The summed E-state index contributed by atoms with van der Waals surface area (Å²) < 4.78 is 1.21. The van der Waals surface area contributed by atoms with Gasteiger partial charge < -0.3 is 10.2 Å². The Bertz CT molecular complexity index is 657. The second kappa shape index (κ2) is 7.81. The van der Waals surface area contributed by atoms with E-state index < -0.39 is 0 Å². The number of aromatic nitrogens is 1. The molecule has 0 unspecified atom stereocenters. The second-order valence-electron chi connectivity index (χ2n) is 6.71. The second-order valence-corrected chi connectivity index (χ2v) is 7.83. The molecule has 2 aromatic rings. The van der Waals surface area contributed by atoms with Crippen molar-refractivity contribution in [1.29, 1.82) is 0 Å². The molecule has 0 saturated carbocycles. The van der Waals surface area contributed by atoms with Crippen LogP contribution in [0.3, 0.4) is 0 Å². The molecule has 2 fully saturated rings. The highest BCUT2D eigenvalue weighted by molar-refractivity contribution is 7.18. The number of nitrogens with zero attached hydrogens (tertiary/aromatic N) is 2. The van der Waals surface area contributed by atoms with Crippen molar-refractivity contribution in [3.05, 3.63) is 29.3 Å². The number of carbonyl (C=O) groups excluding carboxylic acids is 1. The molecule has 1 aromatic carbocycles. The lowest BCUT2D eigenvalue weighted by Gasteiger charge is -2.20. The van der Waals surface area contributed by atoms with Gasteiger partial charge in [0.25, 0.3) is 0 Å². The van der Waals surface area contributed by atoms with E-state index in [1.54, 1.807) is 11.3 Å². The number of para-hydroxylation sites is 1. The highest BCUT2D eigenvalue weighted by atomic mass is 35.5. The standard InChI is InChI=1S/C18H23N3OS.ClH/c22-18(21-9-7-13-11-19-12-14(13)8-10-21)6-5-17-20-15-3-1-2-4-16(15)23-17;/h1-4,13-14,19H,5-12H2;1H/t13-,14+;. The minimum absolute atomic E-state index is 0. The maximum absolute atomic E-state index is 12.5. The van der Waals surface area contributed by atoms with Gasteiger partial charge in [0.2, 0.25) is 5.91 Å². The summed E-state index contributed by atoms with van der Waals surface area (Å²) in [6.07, 6.45) is 3.67. The van der Waals surface area contributed by atoms with Crippen molar-refractivity contribution in [2.24, 2.45) is 11.8 Å². The molecule has 3 heterocycles. The zero-order valence-corrected chi connectivity index (χ0v) is 15.4. The third-order valence-electron chi connectivity index (χ3n) is 5.26. The molecule has 4 rings (SSSR count). The molecule has 2 aliphatic heterocycles. The van der Waals surface area contributed by atoms with Gasteiger partial charge >= 0.3 is 0 Å². The smallest absolute Gasteiger partial charge is 0.222 e. The molecule has 0 radical (unpaired) electrons. The van der Waals surface area contributed by atoms with E-state index in [9.17, 15) is 4.79 Å². The fraction of sp³-hybridized carbons (Fsp3) is 0.556. The van der Waals surface area contributed by atoms with Crippen LogP contribution in [0.5, 0.6) is 0 Å². The molecule has 0 bridgehead atoms. The first-order valence-corrected chi connectivity index (χ1v) is 9.44. The number of aryl methyl sites for hydroxylation is 1. The van der Waals surface area contributed by atoms with Gasteiger partial charge in [-0.15, -0.1) is 23.7 Å². The van der Waals surface area contributed by atoms with Gasteiger partial charge in [-0.2, -0.15) is 0 Å². The first kappa shape index (κ1) is 17.6. The van der Waals surface area contributed by atoms with E-state index in [-0.39, 0.29) is 12.4 Å². The molecule has 24 heavy (non-hydrogen) atoms. The van der Waals surface area contributed by atoms with Crippen molar-refractivity contribution >= 4 is 39.9 Å². The largest absolute Gasteiger partial charge is 0.343 e. The summed E-state index contributed by atoms with van der Waals surface area (Å²) in [6.45, 7) is 4.14. The normalized spacial score (nSPS) is 23.6. The lowest BCUT2D eigenvalue weighted by molar-refractivity contribution is -0.131. The van der Waals surface area contributed by atoms with Crippen LogP contribution in [0.25, 0.3) is 10.2 Å². The molecule has 1 amide bonds. The van der Waals surface area contributed by atoms with Gasteiger partial charge in [-0.05, 0) is 49.9 Å². The van der Waals surface area contributed by atoms with E-state index in [4.69, 9.17) is 0 Å². The van der Waals surface area contributed by atoms with Crippen LogP contribution in [0.2, 0.25) is 0 Å². The molecule has 2 atom stereocenters. The molecule has 6 heteroatoms. The molecule has 4 nitrogen and oxygen atoms in total. The molecular weight excluding hydrogens is 342 g/mol. The van der Waals surface area contributed by atoms with Gasteiger partial charge in [-0.25, -0.2) is 4.98 Å². The van der Waals surface area contributed by atoms with E-state index in [0.29, 0.717) is 12.3 Å². The quantitative estimate of drug-likeness (QED) is 0.909. The molecule has 0 spiro atoms. The summed E-state index contributed by atoms with van der Waals surface area (Å²) in [5.74, 6) is 1.85. The number of hydrogen-bond donors (Lipinski definition) is 1. The van der Waals surface area contributed by atoms with Crippen molar-refractivity contribution in [1.82, 2.24) is 15.2 Å². The van der Waals surface area contributed by atoms with E-state index >= 15 is 0 Å². The number of hydrogen-bond acceptors (Lipinski definition) is 4. The Labute approximate surface area is 153 Å². The van der Waals surface area contributed by atoms with Gasteiger partial charge in [-0.1, -0.05) is 12.1 Å².